The van der Waals surface area contributed by atoms with Gasteiger partial charge in [-0.3, -0.25) is 0 Å². The van der Waals surface area contributed by atoms with Crippen molar-refractivity contribution in [2.75, 3.05) is 5.75 Å². The van der Waals surface area contributed by atoms with Gasteiger partial charge in [-0.05, 0) is 49.0 Å². The molecule has 1 aromatic rings. The summed E-state index contributed by atoms with van der Waals surface area (Å²) in [6.45, 7) is 0. The van der Waals surface area contributed by atoms with Crippen LogP contribution in [0.15, 0.2) is 29.2 Å². The Morgan fingerprint density at radius 1 is 1.33 bits per heavy atom. The Kier molecular flexibility index (Phi) is 2.29. The van der Waals surface area contributed by atoms with Crippen molar-refractivity contribution >= 4 is 11.8 Å². The van der Waals surface area contributed by atoms with Gasteiger partial charge in [-0.1, -0.05) is 18.2 Å². The molecule has 2 heteroatoms. The maximum atomic E-state index is 6.23. The van der Waals surface area contributed by atoms with E-state index >= 15 is 0 Å². The number of rotatable bonds is 2. The second-order valence-corrected chi connectivity index (χ2v) is 6.08. The third-order valence-corrected chi connectivity index (χ3v) is 4.75. The lowest BCUT2D eigenvalue weighted by Gasteiger charge is -2.27. The van der Waals surface area contributed by atoms with Gasteiger partial charge in [0, 0.05) is 10.4 Å². The molecule has 1 aliphatic carbocycles. The minimum atomic E-state index is 0.194. The zero-order chi connectivity index (χ0) is 10.3. The van der Waals surface area contributed by atoms with Gasteiger partial charge in [0.05, 0.1) is 0 Å². The monoisotopic (exact) mass is 219 g/mol. The largest absolute Gasteiger partial charge is 0.325 e. The molecule has 3 rings (SSSR count). The van der Waals surface area contributed by atoms with Crippen LogP contribution in [0.25, 0.3) is 0 Å². The number of hydrogen-bond acceptors (Lipinski definition) is 2. The maximum absolute atomic E-state index is 6.23. The van der Waals surface area contributed by atoms with E-state index < -0.39 is 0 Å². The Labute approximate surface area is 95.4 Å². The van der Waals surface area contributed by atoms with E-state index in [0.717, 1.165) is 5.92 Å². The summed E-state index contributed by atoms with van der Waals surface area (Å²) < 4.78 is 0. The smallest absolute Gasteiger partial charge is 0.0161 e. The van der Waals surface area contributed by atoms with E-state index in [4.69, 9.17) is 5.73 Å². The average Bonchev–Trinajstić information content (AvgIpc) is 2.97. The van der Waals surface area contributed by atoms with Crippen molar-refractivity contribution in [1.82, 2.24) is 0 Å². The van der Waals surface area contributed by atoms with E-state index in [1.54, 1.807) is 5.56 Å². The van der Waals surface area contributed by atoms with Gasteiger partial charge in [0.25, 0.3) is 0 Å². The van der Waals surface area contributed by atoms with E-state index in [2.05, 4.69) is 24.3 Å². The molecule has 1 atom stereocenters. The molecule has 1 heterocycles. The highest BCUT2D eigenvalue weighted by molar-refractivity contribution is 7.99. The van der Waals surface area contributed by atoms with Gasteiger partial charge >= 0.3 is 0 Å². The first kappa shape index (κ1) is 9.73. The normalized spacial score (nSPS) is 27.1. The summed E-state index contributed by atoms with van der Waals surface area (Å²) in [4.78, 5) is 1.48. The Bertz CT molecular complexity index is 371. The molecular weight excluding hydrogens is 202 g/mol. The van der Waals surface area contributed by atoms with Crippen molar-refractivity contribution in [2.45, 2.75) is 42.0 Å². The summed E-state index contributed by atoms with van der Waals surface area (Å²) in [5.74, 6) is 1.98. The lowest BCUT2D eigenvalue weighted by atomic mass is 9.88. The first-order valence-corrected chi connectivity index (χ1v) is 6.76. The van der Waals surface area contributed by atoms with Gasteiger partial charge in [0.2, 0.25) is 0 Å². The number of fused-ring (bicyclic) bond motifs is 1. The van der Waals surface area contributed by atoms with E-state index in [1.165, 1.54) is 36.3 Å². The summed E-state index contributed by atoms with van der Waals surface area (Å²) in [6.07, 6.45) is 4.98. The van der Waals surface area contributed by atoms with Crippen LogP contribution in [0.3, 0.4) is 0 Å². The highest BCUT2D eigenvalue weighted by atomic mass is 32.2. The van der Waals surface area contributed by atoms with Crippen LogP contribution in [0.2, 0.25) is 0 Å². The second kappa shape index (κ2) is 3.53. The predicted octanol–water partition coefficient (Wildman–Crippen LogP) is 3.15. The minimum Gasteiger partial charge on any atom is -0.325 e. The molecule has 0 aromatic heterocycles. The molecule has 1 saturated carbocycles. The fourth-order valence-corrected chi connectivity index (χ4v) is 3.68. The Balaban J connectivity index is 1.85. The molecule has 2 N–H and O–H groups in total. The van der Waals surface area contributed by atoms with Crippen LogP contribution >= 0.6 is 11.8 Å². The first-order valence-electron chi connectivity index (χ1n) is 5.77. The molecule has 1 fully saturated rings. The highest BCUT2D eigenvalue weighted by Crippen LogP contribution is 2.46. The van der Waals surface area contributed by atoms with E-state index in [1.807, 2.05) is 11.8 Å². The Hall–Kier alpha value is -0.470. The van der Waals surface area contributed by atoms with Crippen molar-refractivity contribution in [3.8, 4) is 0 Å². The van der Waals surface area contributed by atoms with Gasteiger partial charge in [-0.2, -0.15) is 0 Å². The van der Waals surface area contributed by atoms with E-state index in [-0.39, 0.29) is 5.54 Å². The molecule has 0 amide bonds. The van der Waals surface area contributed by atoms with Crippen LogP contribution in [0, 0.1) is 0 Å². The molecule has 2 aliphatic rings. The van der Waals surface area contributed by atoms with Gasteiger partial charge in [0.15, 0.2) is 0 Å². The van der Waals surface area contributed by atoms with Gasteiger partial charge in [-0.15, -0.1) is 11.8 Å². The number of benzene rings is 1. The molecule has 1 aromatic carbocycles. The van der Waals surface area contributed by atoms with Crippen LogP contribution in [-0.2, 0) is 0 Å². The molecule has 15 heavy (non-hydrogen) atoms. The molecule has 0 saturated heterocycles. The summed E-state index contributed by atoms with van der Waals surface area (Å²) in [6, 6.07) is 8.84. The average molecular weight is 219 g/mol. The molecule has 80 valence electrons. The summed E-state index contributed by atoms with van der Waals surface area (Å²) in [5, 5.41) is 0. The van der Waals surface area contributed by atoms with Gasteiger partial charge in [-0.25, -0.2) is 0 Å². The molecule has 1 nitrogen and oxygen atoms in total. The second-order valence-electron chi connectivity index (χ2n) is 4.94. The van der Waals surface area contributed by atoms with Crippen molar-refractivity contribution in [3.05, 3.63) is 29.8 Å². The molecule has 1 aliphatic heterocycles. The van der Waals surface area contributed by atoms with Crippen LogP contribution < -0.4 is 5.73 Å². The Morgan fingerprint density at radius 2 is 2.13 bits per heavy atom. The zero-order valence-electron chi connectivity index (χ0n) is 8.91. The van der Waals surface area contributed by atoms with Crippen molar-refractivity contribution in [2.24, 2.45) is 5.73 Å². The fraction of sp³-hybridized carbons (Fsp3) is 0.538. The van der Waals surface area contributed by atoms with Crippen LogP contribution in [0.5, 0.6) is 0 Å². The lowest BCUT2D eigenvalue weighted by molar-refractivity contribution is 0.498. The minimum absolute atomic E-state index is 0.194. The van der Waals surface area contributed by atoms with Crippen molar-refractivity contribution in [3.63, 3.8) is 0 Å². The lowest BCUT2D eigenvalue weighted by Crippen LogP contribution is -2.25. The van der Waals surface area contributed by atoms with Gasteiger partial charge < -0.3 is 5.73 Å². The van der Waals surface area contributed by atoms with Gasteiger partial charge in [0.1, 0.15) is 0 Å². The maximum Gasteiger partial charge on any atom is 0.0161 e. The SMILES string of the molecule is NC1(CC2CCSc3ccccc32)CC1. The third kappa shape index (κ3) is 1.93. The van der Waals surface area contributed by atoms with Crippen molar-refractivity contribution < 1.29 is 0 Å². The van der Waals surface area contributed by atoms with Crippen molar-refractivity contribution in [1.29, 1.82) is 0 Å². The number of hydrogen-bond donors (Lipinski definition) is 1. The molecular formula is C13H17NS. The fourth-order valence-electron chi connectivity index (χ4n) is 2.48. The standard InChI is InChI=1S/C13H17NS/c14-13(6-7-13)9-10-5-8-15-12-4-2-1-3-11(10)12/h1-4,10H,5-9,14H2. The molecule has 0 bridgehead atoms. The Morgan fingerprint density at radius 3 is 2.93 bits per heavy atom. The highest BCUT2D eigenvalue weighted by Gasteiger charge is 2.41. The molecule has 0 spiro atoms. The van der Waals surface area contributed by atoms with E-state index in [0.29, 0.717) is 0 Å². The summed E-state index contributed by atoms with van der Waals surface area (Å²) in [7, 11) is 0. The molecule has 1 unspecified atom stereocenters. The van der Waals surface area contributed by atoms with E-state index in [9.17, 15) is 0 Å². The number of thioether (sulfide) groups is 1. The van der Waals surface area contributed by atoms with Crippen LogP contribution in [-0.4, -0.2) is 11.3 Å². The summed E-state index contributed by atoms with van der Waals surface area (Å²) >= 11 is 2.00. The molecule has 0 radical (unpaired) electrons. The third-order valence-electron chi connectivity index (χ3n) is 3.63. The summed E-state index contributed by atoms with van der Waals surface area (Å²) in [5.41, 5.74) is 7.97. The zero-order valence-corrected chi connectivity index (χ0v) is 9.72. The predicted molar refractivity (Wildman–Crippen MR) is 65.3 cm³/mol. The number of nitrogens with two attached hydrogens (primary N) is 1. The topological polar surface area (TPSA) is 26.0 Å². The quantitative estimate of drug-likeness (QED) is 0.827. The van der Waals surface area contributed by atoms with Crippen LogP contribution in [0.1, 0.15) is 37.2 Å². The van der Waals surface area contributed by atoms with Crippen LogP contribution in [0.4, 0.5) is 0 Å². The first-order chi connectivity index (χ1) is 7.27.